The third-order valence-electron chi connectivity index (χ3n) is 6.83. The third-order valence-corrected chi connectivity index (χ3v) is 6.83. The predicted octanol–water partition coefficient (Wildman–Crippen LogP) is 4.49. The molecule has 8 nitrogen and oxygen atoms in total. The minimum Gasteiger partial charge on any atom is -0.497 e. The first-order valence-electron chi connectivity index (χ1n) is 12.0. The van der Waals surface area contributed by atoms with Gasteiger partial charge in [0.05, 0.1) is 19.2 Å². The van der Waals surface area contributed by atoms with Gasteiger partial charge in [-0.25, -0.2) is 4.68 Å². The molecular formula is C27H34N6O2. The number of aromatic nitrogens is 5. The summed E-state index contributed by atoms with van der Waals surface area (Å²) in [5.41, 5.74) is 4.76. The average Bonchev–Trinajstić information content (AvgIpc) is 3.30. The van der Waals surface area contributed by atoms with Crippen LogP contribution in [-0.2, 0) is 25.2 Å². The Kier molecular flexibility index (Phi) is 7.03. The van der Waals surface area contributed by atoms with Gasteiger partial charge >= 0.3 is 0 Å². The molecule has 0 aliphatic carbocycles. The highest BCUT2D eigenvalue weighted by Crippen LogP contribution is 2.22. The molecule has 4 aromatic rings. The Labute approximate surface area is 205 Å². The number of hydrogen-bond donors (Lipinski definition) is 1. The van der Waals surface area contributed by atoms with Gasteiger partial charge in [0.15, 0.2) is 5.82 Å². The summed E-state index contributed by atoms with van der Waals surface area (Å²) in [7, 11) is 1.66. The number of fused-ring (bicyclic) bond motifs is 1. The van der Waals surface area contributed by atoms with Crippen molar-refractivity contribution in [1.29, 1.82) is 0 Å². The summed E-state index contributed by atoms with van der Waals surface area (Å²) in [5, 5.41) is 13.6. The second-order valence-corrected chi connectivity index (χ2v) is 9.81. The number of rotatable bonds is 9. The topological polar surface area (TPSA) is 88.9 Å². The summed E-state index contributed by atoms with van der Waals surface area (Å²) in [6, 6.07) is 14.1. The zero-order valence-electron chi connectivity index (χ0n) is 21.4. The van der Waals surface area contributed by atoms with Gasteiger partial charge in [-0.05, 0) is 97.0 Å². The van der Waals surface area contributed by atoms with Gasteiger partial charge in [0.25, 0.3) is 5.56 Å². The molecule has 0 bridgehead atoms. The molecule has 0 spiro atoms. The van der Waals surface area contributed by atoms with Crippen LogP contribution in [0.4, 0.5) is 0 Å². The molecule has 2 aromatic heterocycles. The summed E-state index contributed by atoms with van der Waals surface area (Å²) in [5.74, 6) is 1.58. The minimum absolute atomic E-state index is 0.0750. The molecule has 184 valence electrons. The maximum Gasteiger partial charge on any atom is 0.252 e. The van der Waals surface area contributed by atoms with Crippen LogP contribution >= 0.6 is 0 Å². The first-order chi connectivity index (χ1) is 16.7. The van der Waals surface area contributed by atoms with Crippen molar-refractivity contribution in [2.45, 2.75) is 66.2 Å². The zero-order chi connectivity index (χ0) is 25.2. The number of pyridine rings is 1. The molecule has 0 aliphatic heterocycles. The molecule has 4 rings (SSSR count). The van der Waals surface area contributed by atoms with Crippen molar-refractivity contribution >= 4 is 10.9 Å². The smallest absolute Gasteiger partial charge is 0.252 e. The largest absolute Gasteiger partial charge is 0.497 e. The van der Waals surface area contributed by atoms with Crippen LogP contribution in [0, 0.1) is 13.8 Å². The molecular weight excluding hydrogens is 440 g/mol. The standard InChI is InChI=1S/C27H34N6O2/c1-7-27(4,5)33-25(29-30-31-33)17-32(15-20-8-10-23(35-6)11-9-20)16-22-14-21-12-18(2)19(3)13-24(21)28-26(22)34/h8-14H,7,15-17H2,1-6H3,(H,28,34). The Morgan fingerprint density at radius 3 is 2.43 bits per heavy atom. The quantitative estimate of drug-likeness (QED) is 0.385. The molecule has 0 radical (unpaired) electrons. The van der Waals surface area contributed by atoms with Gasteiger partial charge in [-0.2, -0.15) is 0 Å². The third kappa shape index (κ3) is 5.43. The zero-order valence-corrected chi connectivity index (χ0v) is 21.4. The summed E-state index contributed by atoms with van der Waals surface area (Å²) >= 11 is 0. The van der Waals surface area contributed by atoms with E-state index < -0.39 is 0 Å². The molecule has 2 heterocycles. The van der Waals surface area contributed by atoms with Crippen LogP contribution in [0.25, 0.3) is 10.9 Å². The molecule has 0 saturated heterocycles. The minimum atomic E-state index is -0.208. The van der Waals surface area contributed by atoms with E-state index in [1.165, 1.54) is 5.56 Å². The second kappa shape index (κ2) is 10.00. The summed E-state index contributed by atoms with van der Waals surface area (Å²) < 4.78 is 7.20. The predicted molar refractivity (Wildman–Crippen MR) is 137 cm³/mol. The Balaban J connectivity index is 1.69. The monoisotopic (exact) mass is 474 g/mol. The van der Waals surface area contributed by atoms with E-state index >= 15 is 0 Å². The number of methoxy groups -OCH3 is 1. The van der Waals surface area contributed by atoms with Crippen LogP contribution < -0.4 is 10.3 Å². The number of hydrogen-bond acceptors (Lipinski definition) is 6. The molecule has 0 fully saturated rings. The van der Waals surface area contributed by atoms with E-state index in [0.717, 1.165) is 40.0 Å². The first-order valence-corrected chi connectivity index (χ1v) is 12.0. The number of nitrogens with one attached hydrogen (secondary N) is 1. The highest BCUT2D eigenvalue weighted by atomic mass is 16.5. The molecule has 35 heavy (non-hydrogen) atoms. The Morgan fingerprint density at radius 1 is 1.03 bits per heavy atom. The van der Waals surface area contributed by atoms with Crippen LogP contribution in [0.2, 0.25) is 0 Å². The van der Waals surface area contributed by atoms with Gasteiger partial charge < -0.3 is 9.72 Å². The summed E-state index contributed by atoms with van der Waals surface area (Å²) in [6.45, 7) is 12.1. The van der Waals surface area contributed by atoms with Gasteiger partial charge in [-0.15, -0.1) is 5.10 Å². The Hall–Kier alpha value is -3.52. The number of aromatic amines is 1. The van der Waals surface area contributed by atoms with Crippen LogP contribution in [-0.4, -0.2) is 37.2 Å². The molecule has 0 atom stereocenters. The van der Waals surface area contributed by atoms with E-state index in [1.807, 2.05) is 41.1 Å². The molecule has 0 saturated carbocycles. The van der Waals surface area contributed by atoms with Gasteiger partial charge in [0.1, 0.15) is 5.75 Å². The van der Waals surface area contributed by atoms with Crippen LogP contribution in [0.5, 0.6) is 5.75 Å². The molecule has 1 N–H and O–H groups in total. The summed E-state index contributed by atoms with van der Waals surface area (Å²) in [4.78, 5) is 18.3. The van der Waals surface area contributed by atoms with Gasteiger partial charge in [0, 0.05) is 24.2 Å². The number of ether oxygens (including phenoxy) is 1. The summed E-state index contributed by atoms with van der Waals surface area (Å²) in [6.07, 6.45) is 0.895. The van der Waals surface area contributed by atoms with Crippen LogP contribution in [0.1, 0.15) is 55.3 Å². The molecule has 2 aromatic carbocycles. The normalized spacial score (nSPS) is 12.0. The number of nitrogens with zero attached hydrogens (tertiary/aromatic N) is 5. The lowest BCUT2D eigenvalue weighted by Crippen LogP contribution is -2.32. The van der Waals surface area contributed by atoms with Crippen molar-refractivity contribution < 1.29 is 4.74 Å². The Bertz CT molecular complexity index is 1370. The van der Waals surface area contributed by atoms with E-state index in [-0.39, 0.29) is 11.1 Å². The van der Waals surface area contributed by atoms with Gasteiger partial charge in [0.2, 0.25) is 0 Å². The fourth-order valence-electron chi connectivity index (χ4n) is 4.16. The van der Waals surface area contributed by atoms with E-state index in [2.05, 4.69) is 66.1 Å². The van der Waals surface area contributed by atoms with Crippen molar-refractivity contribution in [3.63, 3.8) is 0 Å². The van der Waals surface area contributed by atoms with E-state index in [1.54, 1.807) is 7.11 Å². The highest BCUT2D eigenvalue weighted by Gasteiger charge is 2.25. The second-order valence-electron chi connectivity index (χ2n) is 9.81. The van der Waals surface area contributed by atoms with Crippen molar-refractivity contribution in [1.82, 2.24) is 30.1 Å². The van der Waals surface area contributed by atoms with Crippen LogP contribution in [0.3, 0.4) is 0 Å². The van der Waals surface area contributed by atoms with Gasteiger partial charge in [-0.3, -0.25) is 9.69 Å². The maximum absolute atomic E-state index is 13.0. The average molecular weight is 475 g/mol. The lowest BCUT2D eigenvalue weighted by Gasteiger charge is -2.27. The highest BCUT2D eigenvalue weighted by molar-refractivity contribution is 5.80. The number of tetrazole rings is 1. The van der Waals surface area contributed by atoms with E-state index in [4.69, 9.17) is 4.74 Å². The SMILES string of the molecule is CCC(C)(C)n1nnnc1CN(Cc1ccc(OC)cc1)Cc1cc2cc(C)c(C)cc2[nH]c1=O. The Morgan fingerprint density at radius 2 is 1.74 bits per heavy atom. The van der Waals surface area contributed by atoms with Crippen molar-refractivity contribution in [2.75, 3.05) is 7.11 Å². The molecule has 0 aliphatic rings. The van der Waals surface area contributed by atoms with Crippen molar-refractivity contribution in [2.24, 2.45) is 0 Å². The lowest BCUT2D eigenvalue weighted by molar-refractivity contribution is 0.217. The molecule has 0 amide bonds. The van der Waals surface area contributed by atoms with Gasteiger partial charge in [-0.1, -0.05) is 19.1 Å². The van der Waals surface area contributed by atoms with E-state index in [9.17, 15) is 4.79 Å². The van der Waals surface area contributed by atoms with Crippen molar-refractivity contribution in [3.8, 4) is 5.75 Å². The lowest BCUT2D eigenvalue weighted by atomic mass is 10.0. The number of aryl methyl sites for hydroxylation is 2. The van der Waals surface area contributed by atoms with Crippen LogP contribution in [0.15, 0.2) is 47.3 Å². The fourth-order valence-corrected chi connectivity index (χ4v) is 4.16. The molecule has 0 unspecified atom stereocenters. The van der Waals surface area contributed by atoms with E-state index in [0.29, 0.717) is 25.2 Å². The number of H-pyrrole nitrogens is 1. The maximum atomic E-state index is 13.0. The first kappa shape index (κ1) is 24.6. The molecule has 8 heteroatoms. The fraction of sp³-hybridized carbons (Fsp3) is 0.407. The van der Waals surface area contributed by atoms with Crippen molar-refractivity contribution in [3.05, 3.63) is 80.9 Å². The number of benzene rings is 2.